The zero-order valence-corrected chi connectivity index (χ0v) is 16.5. The first-order valence-corrected chi connectivity index (χ1v) is 10.1. The van der Waals surface area contributed by atoms with E-state index in [0.29, 0.717) is 6.54 Å². The molecule has 1 atom stereocenters. The molecular weight excluding hydrogens is 396 g/mol. The Kier molecular flexibility index (Phi) is 5.93. The first-order chi connectivity index (χ1) is 11.1. The average molecular weight is 419 g/mol. The number of nitrogens with zero attached hydrogens (tertiary/aromatic N) is 1. The standard InChI is InChI=1S/C16H23BrN2O4S/c1-16(2,3)23-15(20)19-10-4-5-13(19)11-18-24(21,22)14-8-6-12(17)7-9-14/h6-9,13,18H,4-5,10-11H2,1-3H3. The van der Waals surface area contributed by atoms with E-state index in [1.165, 1.54) is 12.1 Å². The molecule has 0 aromatic heterocycles. The normalized spacial score (nSPS) is 18.7. The molecule has 8 heteroatoms. The van der Waals surface area contributed by atoms with Crippen molar-refractivity contribution in [1.29, 1.82) is 0 Å². The fraction of sp³-hybridized carbons (Fsp3) is 0.562. The molecule has 1 N–H and O–H groups in total. The summed E-state index contributed by atoms with van der Waals surface area (Å²) in [4.78, 5) is 14.0. The van der Waals surface area contributed by atoms with E-state index in [1.54, 1.807) is 17.0 Å². The van der Waals surface area contributed by atoms with Crippen LogP contribution in [0.15, 0.2) is 33.6 Å². The molecule has 1 aromatic carbocycles. The molecule has 1 unspecified atom stereocenters. The zero-order valence-electron chi connectivity index (χ0n) is 14.1. The van der Waals surface area contributed by atoms with Crippen molar-refractivity contribution in [2.75, 3.05) is 13.1 Å². The summed E-state index contributed by atoms with van der Waals surface area (Å²) in [5, 5.41) is 0. The molecule has 1 heterocycles. The van der Waals surface area contributed by atoms with Gasteiger partial charge in [-0.05, 0) is 57.9 Å². The Morgan fingerprint density at radius 3 is 2.54 bits per heavy atom. The van der Waals surface area contributed by atoms with Crippen molar-refractivity contribution in [3.63, 3.8) is 0 Å². The van der Waals surface area contributed by atoms with Crippen LogP contribution >= 0.6 is 15.9 Å². The molecule has 0 saturated carbocycles. The monoisotopic (exact) mass is 418 g/mol. The van der Waals surface area contributed by atoms with Crippen LogP contribution in [0, 0.1) is 0 Å². The summed E-state index contributed by atoms with van der Waals surface area (Å²) in [5.41, 5.74) is -0.568. The Bertz CT molecular complexity index is 683. The molecule has 1 aromatic rings. The highest BCUT2D eigenvalue weighted by atomic mass is 79.9. The van der Waals surface area contributed by atoms with Crippen LogP contribution < -0.4 is 4.72 Å². The Morgan fingerprint density at radius 1 is 1.33 bits per heavy atom. The Balaban J connectivity index is 1.99. The molecule has 0 radical (unpaired) electrons. The summed E-state index contributed by atoms with van der Waals surface area (Å²) in [6.07, 6.45) is 1.19. The molecule has 1 amide bonds. The number of halogens is 1. The van der Waals surface area contributed by atoms with Crippen LogP contribution in [-0.4, -0.2) is 44.1 Å². The number of carbonyl (C=O) groups excluding carboxylic acids is 1. The van der Waals surface area contributed by atoms with Crippen molar-refractivity contribution in [3.8, 4) is 0 Å². The molecule has 0 spiro atoms. The number of benzene rings is 1. The number of sulfonamides is 1. The van der Waals surface area contributed by atoms with E-state index in [-0.39, 0.29) is 17.5 Å². The Labute approximate surface area is 151 Å². The second kappa shape index (κ2) is 7.41. The molecule has 1 fully saturated rings. The minimum Gasteiger partial charge on any atom is -0.444 e. The first-order valence-electron chi connectivity index (χ1n) is 7.83. The Hall–Kier alpha value is -1.12. The number of likely N-dealkylation sites (tertiary alicyclic amines) is 1. The van der Waals surface area contributed by atoms with Gasteiger partial charge in [0.05, 0.1) is 4.90 Å². The van der Waals surface area contributed by atoms with Gasteiger partial charge in [-0.15, -0.1) is 0 Å². The van der Waals surface area contributed by atoms with Gasteiger partial charge >= 0.3 is 6.09 Å². The molecule has 2 rings (SSSR count). The fourth-order valence-corrected chi connectivity index (χ4v) is 3.85. The minimum atomic E-state index is -3.60. The molecular formula is C16H23BrN2O4S. The van der Waals surface area contributed by atoms with Crippen molar-refractivity contribution >= 4 is 32.0 Å². The maximum absolute atomic E-state index is 12.3. The van der Waals surface area contributed by atoms with E-state index in [4.69, 9.17) is 4.74 Å². The van der Waals surface area contributed by atoms with Gasteiger partial charge in [-0.2, -0.15) is 0 Å². The van der Waals surface area contributed by atoms with Gasteiger partial charge < -0.3 is 9.64 Å². The summed E-state index contributed by atoms with van der Waals surface area (Å²) in [6.45, 7) is 6.20. The highest BCUT2D eigenvalue weighted by Crippen LogP contribution is 2.21. The van der Waals surface area contributed by atoms with E-state index < -0.39 is 21.7 Å². The van der Waals surface area contributed by atoms with Crippen molar-refractivity contribution in [3.05, 3.63) is 28.7 Å². The van der Waals surface area contributed by atoms with Crippen molar-refractivity contribution in [2.24, 2.45) is 0 Å². The molecule has 1 aliphatic heterocycles. The van der Waals surface area contributed by atoms with Gasteiger partial charge in [0.15, 0.2) is 0 Å². The SMILES string of the molecule is CC(C)(C)OC(=O)N1CCCC1CNS(=O)(=O)c1ccc(Br)cc1. The quantitative estimate of drug-likeness (QED) is 0.814. The predicted octanol–water partition coefficient (Wildman–Crippen LogP) is 3.13. The Morgan fingerprint density at radius 2 is 1.96 bits per heavy atom. The number of nitrogens with one attached hydrogen (secondary N) is 1. The van der Waals surface area contributed by atoms with Crippen LogP contribution in [0.1, 0.15) is 33.6 Å². The second-order valence-corrected chi connectivity index (χ2v) is 9.46. The van der Waals surface area contributed by atoms with E-state index in [9.17, 15) is 13.2 Å². The predicted molar refractivity (Wildman–Crippen MR) is 95.3 cm³/mol. The number of carbonyl (C=O) groups is 1. The lowest BCUT2D eigenvalue weighted by atomic mass is 10.2. The van der Waals surface area contributed by atoms with Crippen molar-refractivity contribution in [2.45, 2.75) is 50.2 Å². The maximum atomic E-state index is 12.3. The first kappa shape index (κ1) is 19.2. The topological polar surface area (TPSA) is 75.7 Å². The van der Waals surface area contributed by atoms with Gasteiger partial charge in [-0.1, -0.05) is 15.9 Å². The third-order valence-electron chi connectivity index (χ3n) is 3.64. The highest BCUT2D eigenvalue weighted by molar-refractivity contribution is 9.10. The third-order valence-corrected chi connectivity index (χ3v) is 5.61. The molecule has 1 aliphatic rings. The largest absolute Gasteiger partial charge is 0.444 e. The lowest BCUT2D eigenvalue weighted by Crippen LogP contribution is -2.45. The van der Waals surface area contributed by atoms with E-state index in [1.807, 2.05) is 20.8 Å². The van der Waals surface area contributed by atoms with E-state index in [0.717, 1.165) is 17.3 Å². The van der Waals surface area contributed by atoms with Crippen molar-refractivity contribution < 1.29 is 17.9 Å². The highest BCUT2D eigenvalue weighted by Gasteiger charge is 2.32. The van der Waals surface area contributed by atoms with E-state index >= 15 is 0 Å². The third kappa shape index (κ3) is 5.19. The van der Waals surface area contributed by atoms with Crippen LogP contribution in [-0.2, 0) is 14.8 Å². The lowest BCUT2D eigenvalue weighted by molar-refractivity contribution is 0.0229. The van der Waals surface area contributed by atoms with Crippen LogP contribution in [0.2, 0.25) is 0 Å². The zero-order chi connectivity index (χ0) is 18.0. The summed E-state index contributed by atoms with van der Waals surface area (Å²) >= 11 is 3.28. The number of rotatable bonds is 4. The molecule has 1 saturated heterocycles. The summed E-state index contributed by atoms with van der Waals surface area (Å²) in [5.74, 6) is 0. The van der Waals surface area contributed by atoms with Gasteiger partial charge in [0, 0.05) is 23.6 Å². The number of hydrogen-bond donors (Lipinski definition) is 1. The molecule has 24 heavy (non-hydrogen) atoms. The van der Waals surface area contributed by atoms with Crippen LogP contribution in [0.3, 0.4) is 0 Å². The number of ether oxygens (including phenoxy) is 1. The van der Waals surface area contributed by atoms with Gasteiger partial charge in [-0.3, -0.25) is 0 Å². The number of hydrogen-bond acceptors (Lipinski definition) is 4. The fourth-order valence-electron chi connectivity index (χ4n) is 2.51. The molecule has 134 valence electrons. The maximum Gasteiger partial charge on any atom is 0.410 e. The molecule has 0 bridgehead atoms. The second-order valence-electron chi connectivity index (χ2n) is 6.78. The van der Waals surface area contributed by atoms with Gasteiger partial charge in [0.25, 0.3) is 0 Å². The van der Waals surface area contributed by atoms with Gasteiger partial charge in [0.1, 0.15) is 5.60 Å². The van der Waals surface area contributed by atoms with E-state index in [2.05, 4.69) is 20.7 Å². The molecule has 0 aliphatic carbocycles. The van der Waals surface area contributed by atoms with Gasteiger partial charge in [0.2, 0.25) is 10.0 Å². The van der Waals surface area contributed by atoms with Crippen LogP contribution in [0.4, 0.5) is 4.79 Å². The molecule has 6 nitrogen and oxygen atoms in total. The van der Waals surface area contributed by atoms with Crippen LogP contribution in [0.5, 0.6) is 0 Å². The van der Waals surface area contributed by atoms with Crippen LogP contribution in [0.25, 0.3) is 0 Å². The summed E-state index contributed by atoms with van der Waals surface area (Å²) in [6, 6.07) is 6.23. The minimum absolute atomic E-state index is 0.178. The lowest BCUT2D eigenvalue weighted by Gasteiger charge is -2.28. The summed E-state index contributed by atoms with van der Waals surface area (Å²) < 4.78 is 33.5. The average Bonchev–Trinajstić information content (AvgIpc) is 2.92. The smallest absolute Gasteiger partial charge is 0.410 e. The number of amides is 1. The van der Waals surface area contributed by atoms with Crippen molar-refractivity contribution in [1.82, 2.24) is 9.62 Å². The summed E-state index contributed by atoms with van der Waals surface area (Å²) in [7, 11) is -3.60. The van der Waals surface area contributed by atoms with Gasteiger partial charge in [-0.25, -0.2) is 17.9 Å².